The van der Waals surface area contributed by atoms with Gasteiger partial charge in [0.1, 0.15) is 6.54 Å². The van der Waals surface area contributed by atoms with E-state index in [0.717, 1.165) is 10.1 Å². The molecule has 2 N–H and O–H groups in total. The molecule has 6 nitrogen and oxygen atoms in total. The van der Waals surface area contributed by atoms with Gasteiger partial charge in [-0.1, -0.05) is 29.8 Å². The third-order valence-electron chi connectivity index (χ3n) is 2.64. The van der Waals surface area contributed by atoms with Gasteiger partial charge < -0.3 is 5.32 Å². The molecule has 104 valence electrons. The van der Waals surface area contributed by atoms with Crippen molar-refractivity contribution in [2.45, 2.75) is 13.1 Å². The van der Waals surface area contributed by atoms with Gasteiger partial charge in [-0.15, -0.1) is 0 Å². The zero-order valence-electron chi connectivity index (χ0n) is 10.4. The second-order valence-corrected chi connectivity index (χ2v) is 4.51. The van der Waals surface area contributed by atoms with Crippen molar-refractivity contribution < 1.29 is 4.79 Å². The average Bonchev–Trinajstić information content (AvgIpc) is 2.41. The van der Waals surface area contributed by atoms with Crippen LogP contribution >= 0.6 is 11.6 Å². The van der Waals surface area contributed by atoms with Gasteiger partial charge in [0.25, 0.3) is 5.56 Å². The van der Waals surface area contributed by atoms with Crippen LogP contribution in [0.2, 0.25) is 5.02 Å². The van der Waals surface area contributed by atoms with E-state index in [4.69, 9.17) is 11.6 Å². The lowest BCUT2D eigenvalue weighted by Gasteiger charge is -2.08. The predicted octanol–water partition coefficient (Wildman–Crippen LogP) is 0.506. The van der Waals surface area contributed by atoms with Gasteiger partial charge in [0.2, 0.25) is 5.91 Å². The lowest BCUT2D eigenvalue weighted by atomic mass is 10.2. The molecule has 2 aromatic rings. The summed E-state index contributed by atoms with van der Waals surface area (Å²) >= 11 is 5.96. The number of benzene rings is 1. The van der Waals surface area contributed by atoms with Crippen LogP contribution in [-0.4, -0.2) is 15.5 Å². The number of amides is 1. The maximum Gasteiger partial charge on any atom is 0.328 e. The highest BCUT2D eigenvalue weighted by Crippen LogP contribution is 2.14. The highest BCUT2D eigenvalue weighted by Gasteiger charge is 2.06. The summed E-state index contributed by atoms with van der Waals surface area (Å²) in [5.41, 5.74) is -0.329. The topological polar surface area (TPSA) is 84.0 Å². The van der Waals surface area contributed by atoms with Crippen LogP contribution in [0, 0.1) is 0 Å². The number of aromatic nitrogens is 2. The van der Waals surface area contributed by atoms with E-state index in [9.17, 15) is 14.4 Å². The highest BCUT2D eigenvalue weighted by atomic mass is 35.5. The summed E-state index contributed by atoms with van der Waals surface area (Å²) in [7, 11) is 0. The molecular formula is C13H12ClN3O3. The Balaban J connectivity index is 1.98. The van der Waals surface area contributed by atoms with E-state index in [1.54, 1.807) is 18.2 Å². The van der Waals surface area contributed by atoms with Crippen LogP contribution in [0.1, 0.15) is 5.56 Å². The van der Waals surface area contributed by atoms with Crippen LogP contribution in [0.3, 0.4) is 0 Å². The van der Waals surface area contributed by atoms with Gasteiger partial charge in [0.15, 0.2) is 0 Å². The first-order valence-electron chi connectivity index (χ1n) is 5.86. The fourth-order valence-electron chi connectivity index (χ4n) is 1.61. The number of H-pyrrole nitrogens is 1. The highest BCUT2D eigenvalue weighted by molar-refractivity contribution is 6.31. The average molecular weight is 294 g/mol. The third-order valence-corrected chi connectivity index (χ3v) is 3.01. The maximum absolute atomic E-state index is 11.7. The van der Waals surface area contributed by atoms with Crippen molar-refractivity contribution in [3.63, 3.8) is 0 Å². The van der Waals surface area contributed by atoms with E-state index >= 15 is 0 Å². The van der Waals surface area contributed by atoms with Crippen LogP contribution < -0.4 is 16.6 Å². The number of hydrogen-bond donors (Lipinski definition) is 2. The van der Waals surface area contributed by atoms with Crippen LogP contribution in [0.25, 0.3) is 0 Å². The number of hydrogen-bond acceptors (Lipinski definition) is 3. The van der Waals surface area contributed by atoms with E-state index in [1.807, 2.05) is 6.07 Å². The third kappa shape index (κ3) is 3.58. The van der Waals surface area contributed by atoms with Crippen LogP contribution in [0.4, 0.5) is 0 Å². The number of nitrogens with one attached hydrogen (secondary N) is 2. The summed E-state index contributed by atoms with van der Waals surface area (Å²) in [4.78, 5) is 36.1. The van der Waals surface area contributed by atoms with Crippen LogP contribution in [0.15, 0.2) is 46.1 Å². The quantitative estimate of drug-likeness (QED) is 0.861. The van der Waals surface area contributed by atoms with Gasteiger partial charge in [-0.25, -0.2) is 4.79 Å². The lowest BCUT2D eigenvalue weighted by Crippen LogP contribution is -2.35. The molecule has 0 atom stereocenters. The van der Waals surface area contributed by atoms with Crippen LogP contribution in [-0.2, 0) is 17.9 Å². The van der Waals surface area contributed by atoms with Crippen molar-refractivity contribution in [3.05, 3.63) is 68.0 Å². The monoisotopic (exact) mass is 293 g/mol. The number of rotatable bonds is 4. The SMILES string of the molecule is O=C(Cn1ccc(=O)[nH]c1=O)NCc1ccccc1Cl. The molecule has 0 unspecified atom stereocenters. The minimum absolute atomic E-state index is 0.167. The Bertz CT molecular complexity index is 736. The first kappa shape index (κ1) is 14.1. The number of carbonyl (C=O) groups is 1. The zero-order chi connectivity index (χ0) is 14.5. The van der Waals surface area contributed by atoms with Gasteiger partial charge in [0, 0.05) is 23.8 Å². The molecule has 1 heterocycles. The molecule has 7 heteroatoms. The van der Waals surface area contributed by atoms with Crippen molar-refractivity contribution in [3.8, 4) is 0 Å². The number of halogens is 1. The van der Waals surface area contributed by atoms with Gasteiger partial charge >= 0.3 is 5.69 Å². The Morgan fingerprint density at radius 3 is 2.70 bits per heavy atom. The Labute approximate surface area is 119 Å². The molecule has 0 saturated carbocycles. The summed E-state index contributed by atoms with van der Waals surface area (Å²) in [6.45, 7) is 0.108. The maximum atomic E-state index is 11.7. The molecular weight excluding hydrogens is 282 g/mol. The fraction of sp³-hybridized carbons (Fsp3) is 0.154. The molecule has 2 rings (SSSR count). The minimum atomic E-state index is -0.620. The summed E-state index contributed by atoms with van der Waals surface area (Å²) in [6.07, 6.45) is 1.27. The van der Waals surface area contributed by atoms with Crippen molar-refractivity contribution in [1.82, 2.24) is 14.9 Å². The van der Waals surface area contributed by atoms with E-state index in [1.165, 1.54) is 12.3 Å². The van der Waals surface area contributed by atoms with Gasteiger partial charge in [-0.3, -0.25) is 19.1 Å². The van der Waals surface area contributed by atoms with Crippen molar-refractivity contribution >= 4 is 17.5 Å². The van der Waals surface area contributed by atoms with E-state index in [2.05, 4.69) is 10.3 Å². The number of aromatic amines is 1. The normalized spacial score (nSPS) is 10.2. The second kappa shape index (κ2) is 6.21. The molecule has 0 saturated heterocycles. The minimum Gasteiger partial charge on any atom is -0.350 e. The Hall–Kier alpha value is -2.34. The molecule has 0 aliphatic carbocycles. The molecule has 1 aromatic carbocycles. The Morgan fingerprint density at radius 2 is 2.00 bits per heavy atom. The molecule has 0 fully saturated rings. The van der Waals surface area contributed by atoms with E-state index < -0.39 is 11.2 Å². The molecule has 0 aliphatic rings. The largest absolute Gasteiger partial charge is 0.350 e. The van der Waals surface area contributed by atoms with Gasteiger partial charge in [0.05, 0.1) is 0 Å². The van der Waals surface area contributed by atoms with Crippen molar-refractivity contribution in [2.24, 2.45) is 0 Å². The summed E-state index contributed by atoms with van der Waals surface area (Å²) in [5, 5.41) is 3.22. The molecule has 0 bridgehead atoms. The molecule has 20 heavy (non-hydrogen) atoms. The first-order chi connectivity index (χ1) is 9.56. The number of nitrogens with zero attached hydrogens (tertiary/aromatic N) is 1. The standard InChI is InChI=1S/C13H12ClN3O3/c14-10-4-2-1-3-9(10)7-15-12(19)8-17-6-5-11(18)16-13(17)20/h1-6H,7-8H2,(H,15,19)(H,16,18,20). The summed E-state index contributed by atoms with van der Waals surface area (Å²) in [6, 6.07) is 8.33. The van der Waals surface area contributed by atoms with Gasteiger partial charge in [-0.05, 0) is 11.6 Å². The lowest BCUT2D eigenvalue weighted by molar-refractivity contribution is -0.121. The molecule has 0 aliphatic heterocycles. The smallest absolute Gasteiger partial charge is 0.328 e. The van der Waals surface area contributed by atoms with Crippen molar-refractivity contribution in [1.29, 1.82) is 0 Å². The first-order valence-corrected chi connectivity index (χ1v) is 6.24. The predicted molar refractivity (Wildman–Crippen MR) is 74.6 cm³/mol. The summed E-state index contributed by atoms with van der Waals surface area (Å²) in [5.74, 6) is -0.348. The Morgan fingerprint density at radius 1 is 1.25 bits per heavy atom. The molecule has 1 aromatic heterocycles. The zero-order valence-corrected chi connectivity index (χ0v) is 11.2. The van der Waals surface area contributed by atoms with Gasteiger partial charge in [-0.2, -0.15) is 0 Å². The molecule has 0 radical (unpaired) electrons. The molecule has 1 amide bonds. The number of carbonyl (C=O) groups excluding carboxylic acids is 1. The van der Waals surface area contributed by atoms with E-state index in [-0.39, 0.29) is 19.0 Å². The van der Waals surface area contributed by atoms with Crippen LogP contribution in [0.5, 0.6) is 0 Å². The van der Waals surface area contributed by atoms with Crippen molar-refractivity contribution in [2.75, 3.05) is 0 Å². The fourth-order valence-corrected chi connectivity index (χ4v) is 1.82. The Kier molecular flexibility index (Phi) is 4.37. The second-order valence-electron chi connectivity index (χ2n) is 4.11. The van der Waals surface area contributed by atoms with E-state index in [0.29, 0.717) is 5.02 Å². The molecule has 0 spiro atoms. The summed E-state index contributed by atoms with van der Waals surface area (Å²) < 4.78 is 1.11.